The molecule has 0 unspecified atom stereocenters. The summed E-state index contributed by atoms with van der Waals surface area (Å²) in [7, 11) is 1.35. The summed E-state index contributed by atoms with van der Waals surface area (Å²) in [5, 5.41) is 5.40. The van der Waals surface area contributed by atoms with Crippen molar-refractivity contribution in [3.63, 3.8) is 0 Å². The highest BCUT2D eigenvalue weighted by molar-refractivity contribution is 6.42. The zero-order valence-corrected chi connectivity index (χ0v) is 22.5. The van der Waals surface area contributed by atoms with Crippen molar-refractivity contribution in [2.75, 3.05) is 13.7 Å². The lowest BCUT2D eigenvalue weighted by Crippen LogP contribution is -2.17. The third-order valence-corrected chi connectivity index (χ3v) is 7.02. The lowest BCUT2D eigenvalue weighted by atomic mass is 9.93. The van der Waals surface area contributed by atoms with Crippen molar-refractivity contribution in [3.8, 4) is 0 Å². The molecular formula is C28H28Cl2N2O5. The van der Waals surface area contributed by atoms with Gasteiger partial charge in [-0.2, -0.15) is 0 Å². The van der Waals surface area contributed by atoms with Crippen LogP contribution in [0, 0.1) is 6.92 Å². The van der Waals surface area contributed by atoms with Crippen LogP contribution in [0.15, 0.2) is 47.6 Å². The van der Waals surface area contributed by atoms with E-state index in [0.717, 1.165) is 52.9 Å². The van der Waals surface area contributed by atoms with E-state index in [0.29, 0.717) is 27.8 Å². The molecule has 0 radical (unpaired) electrons. The molecule has 0 aliphatic heterocycles. The van der Waals surface area contributed by atoms with Crippen LogP contribution in [0.2, 0.25) is 10.0 Å². The Labute approximate surface area is 225 Å². The number of oxime groups is 1. The molecule has 7 nitrogen and oxygen atoms in total. The summed E-state index contributed by atoms with van der Waals surface area (Å²) in [6, 6.07) is 12.5. The van der Waals surface area contributed by atoms with Crippen molar-refractivity contribution in [2.45, 2.75) is 46.3 Å². The highest BCUT2D eigenvalue weighted by Crippen LogP contribution is 2.32. The number of carbonyl (C=O) groups excluding carboxylic acids is 2. The molecule has 1 aliphatic rings. The van der Waals surface area contributed by atoms with E-state index in [4.69, 9.17) is 37.5 Å². The summed E-state index contributed by atoms with van der Waals surface area (Å²) < 4.78 is 12.2. The molecule has 1 heterocycles. The molecule has 1 aromatic heterocycles. The van der Waals surface area contributed by atoms with Gasteiger partial charge in [0.1, 0.15) is 12.3 Å². The fraction of sp³-hybridized carbons (Fsp3) is 0.321. The minimum absolute atomic E-state index is 0.192. The Balaban J connectivity index is 1.67. The topological polar surface area (TPSA) is 79.1 Å². The number of esters is 2. The first-order chi connectivity index (χ1) is 17.8. The summed E-state index contributed by atoms with van der Waals surface area (Å²) in [5.74, 6) is -0.787. The molecule has 37 heavy (non-hydrogen) atoms. The molecular weight excluding hydrogens is 515 g/mol. The van der Waals surface area contributed by atoms with Gasteiger partial charge in [-0.1, -0.05) is 46.6 Å². The lowest BCUT2D eigenvalue weighted by Gasteiger charge is -2.18. The number of ether oxygens (including phenoxy) is 2. The maximum atomic E-state index is 13.0. The third-order valence-electron chi connectivity index (χ3n) is 6.28. The number of hydrogen-bond donors (Lipinski definition) is 0. The van der Waals surface area contributed by atoms with E-state index in [1.807, 2.05) is 29.7 Å². The van der Waals surface area contributed by atoms with Crippen molar-refractivity contribution >= 4 is 40.9 Å². The highest BCUT2D eigenvalue weighted by atomic mass is 35.5. The van der Waals surface area contributed by atoms with Gasteiger partial charge in [0, 0.05) is 17.8 Å². The Morgan fingerprint density at radius 3 is 2.57 bits per heavy atom. The second-order valence-corrected chi connectivity index (χ2v) is 9.52. The first-order valence-electron chi connectivity index (χ1n) is 12.0. The molecule has 194 valence electrons. The molecule has 0 saturated heterocycles. The number of methoxy groups -OCH3 is 1. The summed E-state index contributed by atoms with van der Waals surface area (Å²) in [6.45, 7) is 4.61. The van der Waals surface area contributed by atoms with Crippen LogP contribution in [0.25, 0.3) is 0 Å². The van der Waals surface area contributed by atoms with Gasteiger partial charge in [-0.15, -0.1) is 0 Å². The predicted molar refractivity (Wildman–Crippen MR) is 143 cm³/mol. The standard InChI is InChI=1S/C28H28Cl2N2O5/c1-4-36-28(34)26-17(2)25-23(31-37-16-19-7-5-8-20(13-19)27(33)35-3)9-6-10-24(25)32(26)15-18-11-12-21(29)22(30)14-18/h5,7-8,11-14H,4,6,9-10,15-16H2,1-3H3/b31-23-. The molecule has 9 heteroatoms. The summed E-state index contributed by atoms with van der Waals surface area (Å²) >= 11 is 12.4. The largest absolute Gasteiger partial charge is 0.465 e. The van der Waals surface area contributed by atoms with Gasteiger partial charge in [0.05, 0.1) is 35.0 Å². The Morgan fingerprint density at radius 2 is 1.84 bits per heavy atom. The van der Waals surface area contributed by atoms with Crippen molar-refractivity contribution in [3.05, 3.63) is 91.7 Å². The van der Waals surface area contributed by atoms with Crippen molar-refractivity contribution in [1.82, 2.24) is 4.57 Å². The number of fused-ring (bicyclic) bond motifs is 1. The maximum absolute atomic E-state index is 13.0. The molecule has 0 fully saturated rings. The molecule has 0 atom stereocenters. The maximum Gasteiger partial charge on any atom is 0.355 e. The van der Waals surface area contributed by atoms with Gasteiger partial charge in [-0.05, 0) is 74.1 Å². The number of benzene rings is 2. The molecule has 1 aliphatic carbocycles. The molecule has 0 amide bonds. The summed E-state index contributed by atoms with van der Waals surface area (Å²) in [6.07, 6.45) is 2.37. The average Bonchev–Trinajstić information content (AvgIpc) is 3.18. The van der Waals surface area contributed by atoms with E-state index in [-0.39, 0.29) is 19.2 Å². The Morgan fingerprint density at radius 1 is 1.03 bits per heavy atom. The molecule has 0 bridgehead atoms. The van der Waals surface area contributed by atoms with Crippen LogP contribution in [0.5, 0.6) is 0 Å². The fourth-order valence-electron chi connectivity index (χ4n) is 4.64. The molecule has 0 N–H and O–H groups in total. The SMILES string of the molecule is CCOC(=O)c1c(C)c2c(n1Cc1ccc(Cl)c(Cl)c1)CCC/C2=N/OCc1cccc(C(=O)OC)c1. The lowest BCUT2D eigenvalue weighted by molar-refractivity contribution is 0.0512. The molecule has 3 aromatic rings. The molecule has 2 aromatic carbocycles. The van der Waals surface area contributed by atoms with Gasteiger partial charge in [0.2, 0.25) is 0 Å². The second-order valence-electron chi connectivity index (χ2n) is 8.71. The van der Waals surface area contributed by atoms with E-state index in [1.54, 1.807) is 31.2 Å². The predicted octanol–water partition coefficient (Wildman–Crippen LogP) is 6.37. The van der Waals surface area contributed by atoms with E-state index in [9.17, 15) is 9.59 Å². The Bertz CT molecular complexity index is 1360. The van der Waals surface area contributed by atoms with E-state index < -0.39 is 5.97 Å². The van der Waals surface area contributed by atoms with Crippen LogP contribution in [0.4, 0.5) is 0 Å². The number of halogens is 2. The van der Waals surface area contributed by atoms with E-state index in [1.165, 1.54) is 7.11 Å². The normalized spacial score (nSPS) is 13.8. The fourth-order valence-corrected chi connectivity index (χ4v) is 4.96. The van der Waals surface area contributed by atoms with E-state index in [2.05, 4.69) is 5.16 Å². The second kappa shape index (κ2) is 11.8. The van der Waals surface area contributed by atoms with Crippen LogP contribution in [0.1, 0.15) is 68.6 Å². The van der Waals surface area contributed by atoms with Gasteiger partial charge in [0.15, 0.2) is 0 Å². The minimum Gasteiger partial charge on any atom is -0.465 e. The smallest absolute Gasteiger partial charge is 0.355 e. The third kappa shape index (κ3) is 5.84. The minimum atomic E-state index is -0.407. The van der Waals surface area contributed by atoms with Crippen LogP contribution < -0.4 is 0 Å². The zero-order valence-electron chi connectivity index (χ0n) is 21.0. The van der Waals surface area contributed by atoms with Gasteiger partial charge in [0.25, 0.3) is 0 Å². The first-order valence-corrected chi connectivity index (χ1v) is 12.8. The van der Waals surface area contributed by atoms with Crippen LogP contribution in [0.3, 0.4) is 0 Å². The monoisotopic (exact) mass is 542 g/mol. The van der Waals surface area contributed by atoms with Crippen LogP contribution in [-0.2, 0) is 33.9 Å². The Kier molecular flexibility index (Phi) is 8.56. The van der Waals surface area contributed by atoms with Crippen molar-refractivity contribution < 1.29 is 23.9 Å². The number of rotatable bonds is 8. The van der Waals surface area contributed by atoms with Gasteiger partial charge >= 0.3 is 11.9 Å². The van der Waals surface area contributed by atoms with Crippen LogP contribution >= 0.6 is 23.2 Å². The summed E-state index contributed by atoms with van der Waals surface area (Å²) in [4.78, 5) is 30.6. The zero-order chi connectivity index (χ0) is 26.5. The molecule has 0 spiro atoms. The first kappa shape index (κ1) is 26.8. The van der Waals surface area contributed by atoms with Crippen molar-refractivity contribution in [1.29, 1.82) is 0 Å². The number of hydrogen-bond acceptors (Lipinski definition) is 6. The quantitative estimate of drug-likeness (QED) is 0.244. The number of carbonyl (C=O) groups is 2. The van der Waals surface area contributed by atoms with Gasteiger partial charge in [-0.3, -0.25) is 0 Å². The Hall–Kier alpha value is -3.29. The van der Waals surface area contributed by atoms with Gasteiger partial charge in [-0.25, -0.2) is 9.59 Å². The highest BCUT2D eigenvalue weighted by Gasteiger charge is 2.30. The number of nitrogens with zero attached hydrogens (tertiary/aromatic N) is 2. The average molecular weight is 543 g/mol. The van der Waals surface area contributed by atoms with Crippen LogP contribution in [-0.4, -0.2) is 35.9 Å². The van der Waals surface area contributed by atoms with E-state index >= 15 is 0 Å². The molecule has 0 saturated carbocycles. The molecule has 4 rings (SSSR count). The van der Waals surface area contributed by atoms with Gasteiger partial charge < -0.3 is 18.9 Å². The summed E-state index contributed by atoms with van der Waals surface area (Å²) in [5.41, 5.74) is 6.17. The number of aromatic nitrogens is 1. The van der Waals surface area contributed by atoms with Crippen molar-refractivity contribution in [2.24, 2.45) is 5.16 Å².